The Bertz CT molecular complexity index is 634. The zero-order chi connectivity index (χ0) is 15.2. The highest BCUT2D eigenvalue weighted by Crippen LogP contribution is 2.23. The molecule has 0 aliphatic rings. The van der Waals surface area contributed by atoms with E-state index in [4.69, 9.17) is 23.1 Å². The van der Waals surface area contributed by atoms with Gasteiger partial charge in [0.25, 0.3) is 5.91 Å². The molecule has 0 spiro atoms. The van der Waals surface area contributed by atoms with Gasteiger partial charge in [0.15, 0.2) is 5.96 Å². The van der Waals surface area contributed by atoms with E-state index in [2.05, 4.69) is 4.99 Å². The molecule has 4 N–H and O–H groups in total. The second kappa shape index (κ2) is 6.90. The number of hydrogen-bond acceptors (Lipinski definition) is 1. The quantitative estimate of drug-likeness (QED) is 0.672. The van der Waals surface area contributed by atoms with E-state index in [-0.39, 0.29) is 11.9 Å². The van der Waals surface area contributed by atoms with Crippen LogP contribution in [0.3, 0.4) is 0 Å². The first kappa shape index (κ1) is 15.1. The maximum absolute atomic E-state index is 12.3. The lowest BCUT2D eigenvalue weighted by molar-refractivity contribution is -0.119. The monoisotopic (exact) mass is 301 g/mol. The summed E-state index contributed by atoms with van der Waals surface area (Å²) in [5.74, 6) is -0.998. The predicted octanol–water partition coefficient (Wildman–Crippen LogP) is 2.47. The van der Waals surface area contributed by atoms with Gasteiger partial charge in [-0.1, -0.05) is 54.1 Å². The van der Waals surface area contributed by atoms with Gasteiger partial charge in [-0.2, -0.15) is 4.99 Å². The zero-order valence-corrected chi connectivity index (χ0v) is 12.1. The van der Waals surface area contributed by atoms with Gasteiger partial charge in [-0.05, 0) is 29.7 Å². The molecular formula is C16H16ClN3O. The summed E-state index contributed by atoms with van der Waals surface area (Å²) in [5.41, 5.74) is 12.5. The van der Waals surface area contributed by atoms with Gasteiger partial charge in [0, 0.05) is 5.02 Å². The number of amides is 1. The first-order valence-electron chi connectivity index (χ1n) is 6.49. The van der Waals surface area contributed by atoms with E-state index >= 15 is 0 Å². The first-order chi connectivity index (χ1) is 10.1. The van der Waals surface area contributed by atoms with Crippen molar-refractivity contribution in [2.45, 2.75) is 12.3 Å². The summed E-state index contributed by atoms with van der Waals surface area (Å²) in [7, 11) is 0. The Labute approximate surface area is 128 Å². The highest BCUT2D eigenvalue weighted by atomic mass is 35.5. The van der Waals surface area contributed by atoms with Gasteiger partial charge in [0.05, 0.1) is 5.92 Å². The van der Waals surface area contributed by atoms with E-state index < -0.39 is 5.92 Å². The molecule has 0 saturated heterocycles. The van der Waals surface area contributed by atoms with Gasteiger partial charge >= 0.3 is 0 Å². The molecule has 0 aromatic heterocycles. The number of halogens is 1. The van der Waals surface area contributed by atoms with Crippen molar-refractivity contribution in [2.75, 3.05) is 0 Å². The largest absolute Gasteiger partial charge is 0.370 e. The third kappa shape index (κ3) is 4.33. The van der Waals surface area contributed by atoms with Crippen molar-refractivity contribution in [3.05, 3.63) is 70.7 Å². The van der Waals surface area contributed by atoms with Crippen LogP contribution in [0, 0.1) is 0 Å². The molecule has 2 rings (SSSR count). The van der Waals surface area contributed by atoms with Gasteiger partial charge in [-0.3, -0.25) is 4.79 Å². The Morgan fingerprint density at radius 3 is 2.24 bits per heavy atom. The van der Waals surface area contributed by atoms with Crippen LogP contribution in [-0.2, 0) is 11.2 Å². The third-order valence-electron chi connectivity index (χ3n) is 3.09. The fraction of sp³-hybridized carbons (Fsp3) is 0.125. The van der Waals surface area contributed by atoms with E-state index in [9.17, 15) is 4.79 Å². The van der Waals surface area contributed by atoms with E-state index in [0.29, 0.717) is 11.4 Å². The summed E-state index contributed by atoms with van der Waals surface area (Å²) in [6, 6.07) is 16.8. The summed E-state index contributed by atoms with van der Waals surface area (Å²) in [4.78, 5) is 15.9. The van der Waals surface area contributed by atoms with Crippen LogP contribution in [-0.4, -0.2) is 11.9 Å². The van der Waals surface area contributed by atoms with E-state index in [0.717, 1.165) is 11.1 Å². The van der Waals surface area contributed by atoms with Crippen molar-refractivity contribution in [3.63, 3.8) is 0 Å². The summed E-state index contributed by atoms with van der Waals surface area (Å²) < 4.78 is 0. The Morgan fingerprint density at radius 2 is 1.67 bits per heavy atom. The summed E-state index contributed by atoms with van der Waals surface area (Å²) in [5, 5.41) is 0.658. The van der Waals surface area contributed by atoms with E-state index in [1.807, 2.05) is 42.5 Å². The molecular weight excluding hydrogens is 286 g/mol. The molecule has 2 aromatic rings. The standard InChI is InChI=1S/C16H16ClN3O/c17-13-8-6-11(7-9-13)10-14(15(21)20-16(18)19)12-4-2-1-3-5-12/h1-9,14H,10H2,(H4,18,19,20,21). The molecule has 1 amide bonds. The third-order valence-corrected chi connectivity index (χ3v) is 3.34. The van der Waals surface area contributed by atoms with E-state index in [1.165, 1.54) is 0 Å². The molecule has 5 heteroatoms. The SMILES string of the molecule is NC(N)=NC(=O)C(Cc1ccc(Cl)cc1)c1ccccc1. The van der Waals surface area contributed by atoms with Crippen molar-refractivity contribution in [2.24, 2.45) is 16.5 Å². The van der Waals surface area contributed by atoms with E-state index in [1.54, 1.807) is 12.1 Å². The average Bonchev–Trinajstić information content (AvgIpc) is 2.46. The maximum atomic E-state index is 12.3. The molecule has 21 heavy (non-hydrogen) atoms. The molecule has 0 saturated carbocycles. The van der Waals surface area contributed by atoms with Crippen LogP contribution in [0.5, 0.6) is 0 Å². The topological polar surface area (TPSA) is 81.5 Å². The molecule has 0 heterocycles. The molecule has 4 nitrogen and oxygen atoms in total. The maximum Gasteiger partial charge on any atom is 0.256 e. The number of rotatable bonds is 4. The Hall–Kier alpha value is -2.33. The van der Waals surface area contributed by atoms with Gasteiger partial charge in [0.1, 0.15) is 0 Å². The lowest BCUT2D eigenvalue weighted by Crippen LogP contribution is -2.26. The van der Waals surface area contributed by atoms with Crippen LogP contribution in [0.2, 0.25) is 5.02 Å². The summed E-state index contributed by atoms with van der Waals surface area (Å²) >= 11 is 5.87. The van der Waals surface area contributed by atoms with Gasteiger partial charge in [-0.15, -0.1) is 0 Å². The Kier molecular flexibility index (Phi) is 4.95. The smallest absolute Gasteiger partial charge is 0.256 e. The van der Waals surface area contributed by atoms with Crippen molar-refractivity contribution < 1.29 is 4.79 Å². The molecule has 0 aliphatic heterocycles. The molecule has 0 aliphatic carbocycles. The predicted molar refractivity (Wildman–Crippen MR) is 85.2 cm³/mol. The number of aliphatic imine (C=N–C) groups is 1. The Morgan fingerprint density at radius 1 is 1.05 bits per heavy atom. The van der Waals surface area contributed by atoms with Crippen LogP contribution in [0.4, 0.5) is 0 Å². The van der Waals surface area contributed by atoms with Crippen molar-refractivity contribution in [1.82, 2.24) is 0 Å². The highest BCUT2D eigenvalue weighted by Gasteiger charge is 2.20. The molecule has 1 unspecified atom stereocenters. The highest BCUT2D eigenvalue weighted by molar-refractivity contribution is 6.30. The minimum atomic E-state index is -0.422. The average molecular weight is 302 g/mol. The second-order valence-electron chi connectivity index (χ2n) is 4.67. The van der Waals surface area contributed by atoms with Crippen molar-refractivity contribution >= 4 is 23.5 Å². The van der Waals surface area contributed by atoms with Crippen molar-refractivity contribution in [1.29, 1.82) is 0 Å². The first-order valence-corrected chi connectivity index (χ1v) is 6.87. The zero-order valence-electron chi connectivity index (χ0n) is 11.4. The van der Waals surface area contributed by atoms with Crippen LogP contribution >= 0.6 is 11.6 Å². The van der Waals surface area contributed by atoms with Crippen LogP contribution in [0.1, 0.15) is 17.0 Å². The number of nitrogens with two attached hydrogens (primary N) is 2. The van der Waals surface area contributed by atoms with Gasteiger partial charge in [-0.25, -0.2) is 0 Å². The molecule has 2 aromatic carbocycles. The normalized spacial score (nSPS) is 11.7. The second-order valence-corrected chi connectivity index (χ2v) is 5.11. The minimum Gasteiger partial charge on any atom is -0.370 e. The van der Waals surface area contributed by atoms with Gasteiger partial charge < -0.3 is 11.5 Å². The lowest BCUT2D eigenvalue weighted by atomic mass is 9.91. The summed E-state index contributed by atoms with van der Waals surface area (Å²) in [6.07, 6.45) is 0.511. The fourth-order valence-electron chi connectivity index (χ4n) is 2.09. The van der Waals surface area contributed by atoms with Crippen LogP contribution < -0.4 is 11.5 Å². The number of nitrogens with zero attached hydrogens (tertiary/aromatic N) is 1. The number of hydrogen-bond donors (Lipinski definition) is 2. The van der Waals surface area contributed by atoms with Crippen LogP contribution in [0.25, 0.3) is 0 Å². The number of carbonyl (C=O) groups is 1. The molecule has 0 fully saturated rings. The van der Waals surface area contributed by atoms with Gasteiger partial charge in [0.2, 0.25) is 0 Å². The number of carbonyl (C=O) groups excluding carboxylic acids is 1. The Balaban J connectivity index is 2.30. The van der Waals surface area contributed by atoms with Crippen molar-refractivity contribution in [3.8, 4) is 0 Å². The summed E-state index contributed by atoms with van der Waals surface area (Å²) in [6.45, 7) is 0. The molecule has 1 atom stereocenters. The minimum absolute atomic E-state index is 0.225. The number of guanidine groups is 1. The molecule has 0 bridgehead atoms. The van der Waals surface area contributed by atoms with Crippen LogP contribution in [0.15, 0.2) is 59.6 Å². The molecule has 0 radical (unpaired) electrons. The lowest BCUT2D eigenvalue weighted by Gasteiger charge is -2.14. The molecule has 108 valence electrons. The fourth-order valence-corrected chi connectivity index (χ4v) is 2.22. The number of benzene rings is 2.